The van der Waals surface area contributed by atoms with Crippen LogP contribution in [-0.4, -0.2) is 38.3 Å². The Morgan fingerprint density at radius 2 is 1.90 bits per heavy atom. The Kier molecular flexibility index (Phi) is 5.74. The van der Waals surface area contributed by atoms with Gasteiger partial charge in [0.1, 0.15) is 0 Å². The Balaban J connectivity index is 3.16. The molecule has 0 aliphatic carbocycles. The first kappa shape index (κ1) is 17.5. The number of anilines is 1. The van der Waals surface area contributed by atoms with Gasteiger partial charge in [-0.05, 0) is 44.0 Å². The van der Waals surface area contributed by atoms with Crippen molar-refractivity contribution in [3.8, 4) is 0 Å². The first-order chi connectivity index (χ1) is 9.73. The van der Waals surface area contributed by atoms with Crippen LogP contribution in [0.3, 0.4) is 0 Å². The minimum atomic E-state index is -3.73. The van der Waals surface area contributed by atoms with Gasteiger partial charge in [0.15, 0.2) is 0 Å². The summed E-state index contributed by atoms with van der Waals surface area (Å²) in [6.45, 7) is 7.62. The molecule has 1 aromatic carbocycles. The summed E-state index contributed by atoms with van der Waals surface area (Å²) < 4.78 is 26.4. The molecular formula is C14H23N3O3S. The summed E-state index contributed by atoms with van der Waals surface area (Å²) in [7, 11) is -3.73. The molecule has 0 bridgehead atoms. The maximum Gasteiger partial charge on any atom is 0.243 e. The van der Waals surface area contributed by atoms with Crippen molar-refractivity contribution in [2.24, 2.45) is 0 Å². The van der Waals surface area contributed by atoms with Gasteiger partial charge in [0.25, 0.3) is 0 Å². The van der Waals surface area contributed by atoms with Crippen LogP contribution in [-0.2, 0) is 14.8 Å². The molecule has 1 amide bonds. The molecule has 3 N–H and O–H groups in total. The Hall–Kier alpha value is -1.60. The van der Waals surface area contributed by atoms with Crippen LogP contribution in [0, 0.1) is 13.8 Å². The number of benzene rings is 1. The molecule has 0 unspecified atom stereocenters. The summed E-state index contributed by atoms with van der Waals surface area (Å²) in [5.41, 5.74) is 7.95. The van der Waals surface area contributed by atoms with E-state index >= 15 is 0 Å². The third-order valence-electron chi connectivity index (χ3n) is 3.37. The number of aryl methyl sites for hydroxylation is 1. The fourth-order valence-corrected chi connectivity index (χ4v) is 3.46. The number of nitrogens with one attached hydrogen (secondary N) is 1. The summed E-state index contributed by atoms with van der Waals surface area (Å²) in [6, 6.07) is 3.03. The highest BCUT2D eigenvalue weighted by atomic mass is 32.2. The van der Waals surface area contributed by atoms with Crippen LogP contribution in [0.25, 0.3) is 0 Å². The maximum absolute atomic E-state index is 12.6. The van der Waals surface area contributed by atoms with Crippen molar-refractivity contribution in [1.82, 2.24) is 9.62 Å². The molecule has 118 valence electrons. The smallest absolute Gasteiger partial charge is 0.243 e. The number of sulfonamides is 1. The Morgan fingerprint density at radius 3 is 2.38 bits per heavy atom. The van der Waals surface area contributed by atoms with Gasteiger partial charge >= 0.3 is 0 Å². The second kappa shape index (κ2) is 6.91. The number of carbonyl (C=O) groups excluding carboxylic acids is 1. The van der Waals surface area contributed by atoms with Gasteiger partial charge in [-0.2, -0.15) is 4.31 Å². The van der Waals surface area contributed by atoms with Gasteiger partial charge in [0.2, 0.25) is 15.9 Å². The first-order valence-electron chi connectivity index (χ1n) is 6.87. The van der Waals surface area contributed by atoms with E-state index in [1.807, 2.05) is 13.8 Å². The minimum Gasteiger partial charge on any atom is -0.398 e. The summed E-state index contributed by atoms with van der Waals surface area (Å²) in [5.74, 6) is -0.320. The number of carbonyl (C=O) groups is 1. The second-order valence-corrected chi connectivity index (χ2v) is 6.78. The number of hydrogen-bond donors (Lipinski definition) is 2. The highest BCUT2D eigenvalue weighted by molar-refractivity contribution is 7.89. The lowest BCUT2D eigenvalue weighted by Gasteiger charge is -2.21. The van der Waals surface area contributed by atoms with Crippen LogP contribution in [0.15, 0.2) is 17.0 Å². The summed E-state index contributed by atoms with van der Waals surface area (Å²) >= 11 is 0. The molecule has 1 aromatic rings. The number of amides is 1. The molecule has 0 atom stereocenters. The predicted octanol–water partition coefficient (Wildman–Crippen LogP) is 1.03. The van der Waals surface area contributed by atoms with Gasteiger partial charge in [-0.1, -0.05) is 6.92 Å². The molecule has 0 aliphatic heterocycles. The number of likely N-dealkylation sites (N-methyl/N-ethyl adjacent to an activating group) is 2. The zero-order chi connectivity index (χ0) is 16.2. The largest absolute Gasteiger partial charge is 0.398 e. The van der Waals surface area contributed by atoms with Crippen molar-refractivity contribution in [2.45, 2.75) is 32.6 Å². The van der Waals surface area contributed by atoms with Crippen molar-refractivity contribution in [2.75, 3.05) is 25.4 Å². The Labute approximate surface area is 126 Å². The third kappa shape index (κ3) is 3.95. The molecular weight excluding hydrogens is 290 g/mol. The normalized spacial score (nSPS) is 11.7. The van der Waals surface area contributed by atoms with Crippen LogP contribution in [0.2, 0.25) is 0 Å². The zero-order valence-corrected chi connectivity index (χ0v) is 13.8. The number of hydrogen-bond acceptors (Lipinski definition) is 4. The Morgan fingerprint density at radius 1 is 1.29 bits per heavy atom. The standard InChI is InChI=1S/C14H23N3O3S/c1-5-16-14(18)9-17(6-2)21(19,20)12-7-10(3)11(4)13(15)8-12/h7-8H,5-6,9,15H2,1-4H3,(H,16,18). The zero-order valence-electron chi connectivity index (χ0n) is 12.9. The van der Waals surface area contributed by atoms with Gasteiger partial charge in [0.05, 0.1) is 11.4 Å². The van der Waals surface area contributed by atoms with E-state index in [1.54, 1.807) is 19.9 Å². The number of nitrogens with two attached hydrogens (primary N) is 1. The average molecular weight is 313 g/mol. The SMILES string of the molecule is CCNC(=O)CN(CC)S(=O)(=O)c1cc(C)c(C)c(N)c1. The topological polar surface area (TPSA) is 92.5 Å². The molecule has 7 heteroatoms. The number of nitrogen functional groups attached to an aromatic ring is 1. The fraction of sp³-hybridized carbons (Fsp3) is 0.500. The Bertz CT molecular complexity index is 603. The second-order valence-electron chi connectivity index (χ2n) is 4.84. The number of nitrogens with zero attached hydrogens (tertiary/aromatic N) is 1. The van der Waals surface area contributed by atoms with Gasteiger partial charge < -0.3 is 11.1 Å². The third-order valence-corrected chi connectivity index (χ3v) is 5.26. The highest BCUT2D eigenvalue weighted by Crippen LogP contribution is 2.24. The van der Waals surface area contributed by atoms with Crippen LogP contribution < -0.4 is 11.1 Å². The monoisotopic (exact) mass is 313 g/mol. The van der Waals surface area contributed by atoms with E-state index < -0.39 is 10.0 Å². The van der Waals surface area contributed by atoms with Crippen molar-refractivity contribution in [3.63, 3.8) is 0 Å². The predicted molar refractivity (Wildman–Crippen MR) is 83.4 cm³/mol. The minimum absolute atomic E-state index is 0.120. The molecule has 0 saturated heterocycles. The van der Waals surface area contributed by atoms with Crippen LogP contribution in [0.4, 0.5) is 5.69 Å². The van der Waals surface area contributed by atoms with E-state index in [2.05, 4.69) is 5.32 Å². The molecule has 0 aromatic heterocycles. The van der Waals surface area contributed by atoms with E-state index in [4.69, 9.17) is 5.73 Å². The van der Waals surface area contributed by atoms with Crippen molar-refractivity contribution >= 4 is 21.6 Å². The maximum atomic E-state index is 12.6. The van der Waals surface area contributed by atoms with Crippen molar-refractivity contribution in [3.05, 3.63) is 23.3 Å². The fourth-order valence-electron chi connectivity index (χ4n) is 1.93. The van der Waals surface area contributed by atoms with Crippen molar-refractivity contribution in [1.29, 1.82) is 0 Å². The van der Waals surface area contributed by atoms with E-state index in [-0.39, 0.29) is 23.9 Å². The van der Waals surface area contributed by atoms with Crippen molar-refractivity contribution < 1.29 is 13.2 Å². The lowest BCUT2D eigenvalue weighted by molar-refractivity contribution is -0.121. The quantitative estimate of drug-likeness (QED) is 0.767. The van der Waals surface area contributed by atoms with Crippen LogP contribution in [0.1, 0.15) is 25.0 Å². The lowest BCUT2D eigenvalue weighted by Crippen LogP contribution is -2.40. The molecule has 0 spiro atoms. The highest BCUT2D eigenvalue weighted by Gasteiger charge is 2.26. The van der Waals surface area contributed by atoms with Gasteiger partial charge in [-0.3, -0.25) is 4.79 Å². The molecule has 0 aliphatic rings. The molecule has 0 fully saturated rings. The number of rotatable bonds is 6. The van der Waals surface area contributed by atoms with Crippen LogP contribution >= 0.6 is 0 Å². The van der Waals surface area contributed by atoms with Gasteiger partial charge in [-0.15, -0.1) is 0 Å². The summed E-state index contributed by atoms with van der Waals surface area (Å²) in [6.07, 6.45) is 0. The van der Waals surface area contributed by atoms with E-state index in [1.165, 1.54) is 6.07 Å². The molecule has 0 heterocycles. The summed E-state index contributed by atoms with van der Waals surface area (Å²) in [5, 5.41) is 2.60. The van der Waals surface area contributed by atoms with Gasteiger partial charge in [0, 0.05) is 18.8 Å². The molecule has 21 heavy (non-hydrogen) atoms. The first-order valence-corrected chi connectivity index (χ1v) is 8.31. The van der Waals surface area contributed by atoms with E-state index in [0.717, 1.165) is 15.4 Å². The molecule has 0 radical (unpaired) electrons. The van der Waals surface area contributed by atoms with Crippen LogP contribution in [0.5, 0.6) is 0 Å². The summed E-state index contributed by atoms with van der Waals surface area (Å²) in [4.78, 5) is 11.8. The van der Waals surface area contributed by atoms with E-state index in [0.29, 0.717) is 12.2 Å². The van der Waals surface area contributed by atoms with Gasteiger partial charge in [-0.25, -0.2) is 8.42 Å². The average Bonchev–Trinajstić information content (AvgIpc) is 2.41. The molecule has 1 rings (SSSR count). The molecule has 6 nitrogen and oxygen atoms in total. The molecule has 0 saturated carbocycles. The lowest BCUT2D eigenvalue weighted by atomic mass is 10.1. The van der Waals surface area contributed by atoms with E-state index in [9.17, 15) is 13.2 Å².